The van der Waals surface area contributed by atoms with E-state index < -0.39 is 0 Å². The molecule has 0 saturated heterocycles. The average molecular weight is 327 g/mol. The number of aromatic nitrogens is 1. The van der Waals surface area contributed by atoms with Crippen molar-refractivity contribution in [3.8, 4) is 0 Å². The maximum absolute atomic E-state index is 12.2. The molecule has 0 radical (unpaired) electrons. The van der Waals surface area contributed by atoms with Gasteiger partial charge in [0.1, 0.15) is 0 Å². The summed E-state index contributed by atoms with van der Waals surface area (Å²) in [6.07, 6.45) is 2.42. The minimum absolute atomic E-state index is 0.203. The molecule has 0 atom stereocenters. The Morgan fingerprint density at radius 1 is 1.04 bits per heavy atom. The molecule has 6 heteroatoms. The van der Waals surface area contributed by atoms with Gasteiger partial charge >= 0.3 is 0 Å². The molecule has 1 heterocycles. The van der Waals surface area contributed by atoms with Crippen LogP contribution in [0.1, 0.15) is 32.8 Å². The van der Waals surface area contributed by atoms with Crippen LogP contribution in [0.3, 0.4) is 0 Å². The lowest BCUT2D eigenvalue weighted by Crippen LogP contribution is -2.26. The van der Waals surface area contributed by atoms with Gasteiger partial charge in [0, 0.05) is 37.6 Å². The Morgan fingerprint density at radius 2 is 1.79 bits per heavy atom. The lowest BCUT2D eigenvalue weighted by molar-refractivity contribution is 0.0948. The van der Waals surface area contributed by atoms with Gasteiger partial charge in [0.2, 0.25) is 0 Å². The largest absolute Gasteiger partial charge is 0.385 e. The van der Waals surface area contributed by atoms with Crippen molar-refractivity contribution in [2.75, 3.05) is 20.3 Å². The van der Waals surface area contributed by atoms with Gasteiger partial charge in [0.25, 0.3) is 11.8 Å². The topological polar surface area (TPSA) is 80.3 Å². The van der Waals surface area contributed by atoms with Crippen LogP contribution in [0.5, 0.6) is 0 Å². The minimum atomic E-state index is -0.241. The summed E-state index contributed by atoms with van der Waals surface area (Å²) in [5, 5.41) is 5.59. The Kier molecular flexibility index (Phi) is 6.91. The van der Waals surface area contributed by atoms with Crippen LogP contribution in [0.25, 0.3) is 0 Å². The van der Waals surface area contributed by atoms with E-state index in [0.717, 1.165) is 12.1 Å². The summed E-state index contributed by atoms with van der Waals surface area (Å²) in [6.45, 7) is 1.46. The summed E-state index contributed by atoms with van der Waals surface area (Å²) >= 11 is 0. The number of carbonyl (C=O) groups is 2. The smallest absolute Gasteiger partial charge is 0.251 e. The zero-order chi connectivity index (χ0) is 17.2. The van der Waals surface area contributed by atoms with Crippen LogP contribution in [-0.2, 0) is 11.3 Å². The van der Waals surface area contributed by atoms with Crippen molar-refractivity contribution in [2.24, 2.45) is 0 Å². The number of carbonyl (C=O) groups excluding carboxylic acids is 2. The Labute approximate surface area is 141 Å². The van der Waals surface area contributed by atoms with Gasteiger partial charge in [-0.3, -0.25) is 14.6 Å². The number of amides is 2. The van der Waals surface area contributed by atoms with E-state index in [1.54, 1.807) is 37.6 Å². The molecule has 0 aliphatic heterocycles. The second-order valence-corrected chi connectivity index (χ2v) is 5.19. The molecule has 0 bridgehead atoms. The molecule has 2 amide bonds. The minimum Gasteiger partial charge on any atom is -0.385 e. The standard InChI is InChI=1S/C18H21N3O3/c1-24-11-5-10-20-17(22)14-6-4-7-15(12-14)18(23)21-13-16-8-2-3-9-19-16/h2-4,6-9,12H,5,10-11,13H2,1H3,(H,20,22)(H,21,23). The maximum atomic E-state index is 12.2. The van der Waals surface area contributed by atoms with E-state index in [0.29, 0.717) is 30.8 Å². The molecule has 0 aliphatic carbocycles. The van der Waals surface area contributed by atoms with Crippen LogP contribution in [-0.4, -0.2) is 37.1 Å². The van der Waals surface area contributed by atoms with Gasteiger partial charge in [0.05, 0.1) is 12.2 Å². The molecule has 6 nitrogen and oxygen atoms in total. The number of nitrogens with one attached hydrogen (secondary N) is 2. The van der Waals surface area contributed by atoms with Gasteiger partial charge < -0.3 is 15.4 Å². The lowest BCUT2D eigenvalue weighted by Gasteiger charge is -2.08. The normalized spacial score (nSPS) is 10.2. The molecule has 2 rings (SSSR count). The molecule has 24 heavy (non-hydrogen) atoms. The third-order valence-electron chi connectivity index (χ3n) is 3.35. The first-order chi connectivity index (χ1) is 11.7. The average Bonchev–Trinajstić information content (AvgIpc) is 2.64. The van der Waals surface area contributed by atoms with Crippen molar-refractivity contribution >= 4 is 11.8 Å². The van der Waals surface area contributed by atoms with Crippen LogP contribution >= 0.6 is 0 Å². The zero-order valence-electron chi connectivity index (χ0n) is 13.6. The molecule has 1 aromatic heterocycles. The van der Waals surface area contributed by atoms with Gasteiger partial charge in [-0.2, -0.15) is 0 Å². The van der Waals surface area contributed by atoms with E-state index >= 15 is 0 Å². The predicted molar refractivity (Wildman–Crippen MR) is 90.7 cm³/mol. The number of ether oxygens (including phenoxy) is 1. The Morgan fingerprint density at radius 3 is 2.46 bits per heavy atom. The van der Waals surface area contributed by atoms with Crippen molar-refractivity contribution < 1.29 is 14.3 Å². The van der Waals surface area contributed by atoms with Gasteiger partial charge in [-0.15, -0.1) is 0 Å². The van der Waals surface area contributed by atoms with E-state index in [1.165, 1.54) is 0 Å². The molecule has 126 valence electrons. The first-order valence-electron chi connectivity index (χ1n) is 7.76. The van der Waals surface area contributed by atoms with E-state index in [4.69, 9.17) is 4.74 Å². The van der Waals surface area contributed by atoms with Crippen LogP contribution < -0.4 is 10.6 Å². The van der Waals surface area contributed by atoms with Crippen LogP contribution in [0.15, 0.2) is 48.7 Å². The molecule has 1 aromatic carbocycles. The third kappa shape index (κ3) is 5.48. The van der Waals surface area contributed by atoms with Crippen molar-refractivity contribution in [1.82, 2.24) is 15.6 Å². The number of rotatable bonds is 8. The molecular weight excluding hydrogens is 306 g/mol. The summed E-state index contributed by atoms with van der Waals surface area (Å²) < 4.78 is 4.93. The molecule has 2 N–H and O–H groups in total. The molecular formula is C18H21N3O3. The lowest BCUT2D eigenvalue weighted by atomic mass is 10.1. The molecule has 0 saturated carbocycles. The number of hydrogen-bond donors (Lipinski definition) is 2. The van der Waals surface area contributed by atoms with Crippen LogP contribution in [0, 0.1) is 0 Å². The Bertz CT molecular complexity index is 674. The predicted octanol–water partition coefficient (Wildman–Crippen LogP) is 1.78. The number of benzene rings is 1. The zero-order valence-corrected chi connectivity index (χ0v) is 13.6. The van der Waals surface area contributed by atoms with Crippen molar-refractivity contribution in [1.29, 1.82) is 0 Å². The monoisotopic (exact) mass is 327 g/mol. The quantitative estimate of drug-likeness (QED) is 0.724. The SMILES string of the molecule is COCCCNC(=O)c1cccc(C(=O)NCc2ccccn2)c1. The summed E-state index contributed by atoms with van der Waals surface area (Å²) in [7, 11) is 1.62. The number of nitrogens with zero attached hydrogens (tertiary/aromatic N) is 1. The molecule has 2 aromatic rings. The van der Waals surface area contributed by atoms with E-state index in [9.17, 15) is 9.59 Å². The molecule has 0 aliphatic rings. The molecule has 0 spiro atoms. The summed E-state index contributed by atoms with van der Waals surface area (Å²) in [5.41, 5.74) is 1.67. The van der Waals surface area contributed by atoms with Crippen molar-refractivity contribution in [2.45, 2.75) is 13.0 Å². The second-order valence-electron chi connectivity index (χ2n) is 5.19. The van der Waals surface area contributed by atoms with Crippen LogP contribution in [0.2, 0.25) is 0 Å². The van der Waals surface area contributed by atoms with Crippen LogP contribution in [0.4, 0.5) is 0 Å². The number of methoxy groups -OCH3 is 1. The fraction of sp³-hybridized carbons (Fsp3) is 0.278. The van der Waals surface area contributed by atoms with Crippen molar-refractivity contribution in [3.63, 3.8) is 0 Å². The summed E-state index contributed by atoms with van der Waals surface area (Å²) in [4.78, 5) is 28.4. The van der Waals surface area contributed by atoms with Gasteiger partial charge in [0.15, 0.2) is 0 Å². The fourth-order valence-corrected chi connectivity index (χ4v) is 2.10. The van der Waals surface area contributed by atoms with E-state index in [-0.39, 0.29) is 11.8 Å². The van der Waals surface area contributed by atoms with Gasteiger partial charge in [-0.25, -0.2) is 0 Å². The summed E-state index contributed by atoms with van der Waals surface area (Å²) in [6, 6.07) is 12.2. The van der Waals surface area contributed by atoms with E-state index in [1.807, 2.05) is 18.2 Å². The highest BCUT2D eigenvalue weighted by molar-refractivity contribution is 5.99. The highest BCUT2D eigenvalue weighted by atomic mass is 16.5. The highest BCUT2D eigenvalue weighted by Gasteiger charge is 2.10. The number of pyridine rings is 1. The van der Waals surface area contributed by atoms with Gasteiger partial charge in [-0.05, 0) is 36.8 Å². The Balaban J connectivity index is 1.91. The first-order valence-corrected chi connectivity index (χ1v) is 7.76. The first kappa shape index (κ1) is 17.6. The van der Waals surface area contributed by atoms with E-state index in [2.05, 4.69) is 15.6 Å². The van der Waals surface area contributed by atoms with Gasteiger partial charge in [-0.1, -0.05) is 12.1 Å². The summed E-state index contributed by atoms with van der Waals surface area (Å²) in [5.74, 6) is -0.444. The Hall–Kier alpha value is -2.73. The maximum Gasteiger partial charge on any atom is 0.251 e. The number of hydrogen-bond acceptors (Lipinski definition) is 4. The highest BCUT2D eigenvalue weighted by Crippen LogP contribution is 2.06. The fourth-order valence-electron chi connectivity index (χ4n) is 2.10. The molecule has 0 unspecified atom stereocenters. The van der Waals surface area contributed by atoms with Crippen molar-refractivity contribution in [3.05, 3.63) is 65.5 Å². The molecule has 0 fully saturated rings. The third-order valence-corrected chi connectivity index (χ3v) is 3.35. The second kappa shape index (κ2) is 9.42.